The van der Waals surface area contributed by atoms with Gasteiger partial charge in [-0.3, -0.25) is 9.69 Å². The molecule has 1 amide bonds. The summed E-state index contributed by atoms with van der Waals surface area (Å²) in [5.74, 6) is 2.09. The molecule has 3 aliphatic rings. The van der Waals surface area contributed by atoms with Crippen molar-refractivity contribution >= 4 is 5.91 Å². The molecule has 3 nitrogen and oxygen atoms in total. The smallest absolute Gasteiger partial charge is 0.228 e. The van der Waals surface area contributed by atoms with Gasteiger partial charge in [-0.1, -0.05) is 79.9 Å². The molecule has 1 saturated heterocycles. The van der Waals surface area contributed by atoms with Crippen LogP contribution >= 0.6 is 0 Å². The molecule has 0 radical (unpaired) electrons. The molecular weight excluding hydrogens is 356 g/mol. The first-order valence-electron chi connectivity index (χ1n) is 11.4. The van der Waals surface area contributed by atoms with Gasteiger partial charge in [0.25, 0.3) is 0 Å². The van der Waals surface area contributed by atoms with Gasteiger partial charge in [0, 0.05) is 25.7 Å². The SMILES string of the molecule is O=C(NC1C2CN(Cc3ccccc3)C[C@@H]21)[C@H](c1ccccc1)C1CCCCC1. The van der Waals surface area contributed by atoms with Crippen molar-refractivity contribution in [2.24, 2.45) is 17.8 Å². The van der Waals surface area contributed by atoms with Gasteiger partial charge in [0.05, 0.1) is 5.92 Å². The van der Waals surface area contributed by atoms with Gasteiger partial charge in [0.1, 0.15) is 0 Å². The highest BCUT2D eigenvalue weighted by Gasteiger charge is 2.56. The molecule has 2 unspecified atom stereocenters. The average molecular weight is 389 g/mol. The summed E-state index contributed by atoms with van der Waals surface area (Å²) in [5.41, 5.74) is 2.59. The van der Waals surface area contributed by atoms with Crippen molar-refractivity contribution < 1.29 is 4.79 Å². The molecule has 0 aromatic heterocycles. The maximum atomic E-state index is 13.4. The molecule has 0 spiro atoms. The minimum atomic E-state index is 0.0262. The lowest BCUT2D eigenvalue weighted by molar-refractivity contribution is -0.124. The summed E-state index contributed by atoms with van der Waals surface area (Å²) in [6.45, 7) is 3.26. The van der Waals surface area contributed by atoms with Crippen LogP contribution in [0.5, 0.6) is 0 Å². The number of likely N-dealkylation sites (tertiary alicyclic amines) is 1. The molecule has 2 aromatic carbocycles. The zero-order valence-corrected chi connectivity index (χ0v) is 17.2. The molecular formula is C26H32N2O. The maximum absolute atomic E-state index is 13.4. The lowest BCUT2D eigenvalue weighted by Gasteiger charge is -2.30. The van der Waals surface area contributed by atoms with Crippen molar-refractivity contribution in [3.05, 3.63) is 71.8 Å². The largest absolute Gasteiger partial charge is 0.352 e. The van der Waals surface area contributed by atoms with E-state index >= 15 is 0 Å². The molecule has 3 fully saturated rings. The normalized spacial score (nSPS) is 27.9. The fourth-order valence-electron chi connectivity index (χ4n) is 5.82. The zero-order chi connectivity index (χ0) is 19.6. The second-order valence-corrected chi connectivity index (χ2v) is 9.33. The van der Waals surface area contributed by atoms with Crippen molar-refractivity contribution in [1.29, 1.82) is 0 Å². The number of amides is 1. The Labute approximate surface area is 174 Å². The number of hydrogen-bond acceptors (Lipinski definition) is 2. The van der Waals surface area contributed by atoms with Crippen LogP contribution in [0.25, 0.3) is 0 Å². The highest BCUT2D eigenvalue weighted by molar-refractivity contribution is 5.84. The highest BCUT2D eigenvalue weighted by Crippen LogP contribution is 2.46. The number of nitrogens with zero attached hydrogens (tertiary/aromatic N) is 1. The van der Waals surface area contributed by atoms with E-state index in [2.05, 4.69) is 64.8 Å². The van der Waals surface area contributed by atoms with E-state index in [1.807, 2.05) is 6.07 Å². The summed E-state index contributed by atoms with van der Waals surface area (Å²) in [7, 11) is 0. The summed E-state index contributed by atoms with van der Waals surface area (Å²) < 4.78 is 0. The third-order valence-corrected chi connectivity index (χ3v) is 7.39. The van der Waals surface area contributed by atoms with Gasteiger partial charge in [0.2, 0.25) is 5.91 Å². The van der Waals surface area contributed by atoms with E-state index in [-0.39, 0.29) is 11.8 Å². The number of hydrogen-bond donors (Lipinski definition) is 1. The fraction of sp³-hybridized carbons (Fsp3) is 0.500. The van der Waals surface area contributed by atoms with Crippen LogP contribution in [0.2, 0.25) is 0 Å². The Morgan fingerprint density at radius 3 is 2.17 bits per heavy atom. The van der Waals surface area contributed by atoms with Gasteiger partial charge in [-0.15, -0.1) is 0 Å². The summed E-state index contributed by atoms with van der Waals surface area (Å²) in [5, 5.41) is 3.47. The van der Waals surface area contributed by atoms with Gasteiger partial charge in [0.15, 0.2) is 0 Å². The van der Waals surface area contributed by atoms with Crippen molar-refractivity contribution in [1.82, 2.24) is 10.2 Å². The predicted octanol–water partition coefficient (Wildman–Crippen LogP) is 4.60. The molecule has 5 rings (SSSR count). The van der Waals surface area contributed by atoms with Gasteiger partial charge in [-0.05, 0) is 41.7 Å². The minimum Gasteiger partial charge on any atom is -0.352 e. The van der Waals surface area contributed by atoms with Crippen LogP contribution in [0.3, 0.4) is 0 Å². The number of nitrogens with one attached hydrogen (secondary N) is 1. The van der Waals surface area contributed by atoms with Gasteiger partial charge < -0.3 is 5.32 Å². The first-order chi connectivity index (χ1) is 14.3. The van der Waals surface area contributed by atoms with E-state index in [0.29, 0.717) is 23.8 Å². The Morgan fingerprint density at radius 1 is 0.897 bits per heavy atom. The first-order valence-corrected chi connectivity index (χ1v) is 11.4. The van der Waals surface area contributed by atoms with Crippen LogP contribution < -0.4 is 5.32 Å². The number of piperidine rings is 1. The number of fused-ring (bicyclic) bond motifs is 1. The lowest BCUT2D eigenvalue weighted by Crippen LogP contribution is -2.39. The molecule has 152 valence electrons. The van der Waals surface area contributed by atoms with Gasteiger partial charge in [-0.25, -0.2) is 0 Å². The Kier molecular flexibility index (Phi) is 5.41. The Bertz CT molecular complexity index is 803. The van der Waals surface area contributed by atoms with Crippen LogP contribution in [0.15, 0.2) is 60.7 Å². The number of rotatable bonds is 6. The Morgan fingerprint density at radius 2 is 1.52 bits per heavy atom. The van der Waals surface area contributed by atoms with Crippen LogP contribution in [-0.4, -0.2) is 29.9 Å². The van der Waals surface area contributed by atoms with Crippen molar-refractivity contribution in [2.45, 2.75) is 50.6 Å². The summed E-state index contributed by atoms with van der Waals surface area (Å²) in [6.07, 6.45) is 6.24. The minimum absolute atomic E-state index is 0.0262. The summed E-state index contributed by atoms with van der Waals surface area (Å²) >= 11 is 0. The molecule has 4 atom stereocenters. The van der Waals surface area contributed by atoms with E-state index < -0.39 is 0 Å². The van der Waals surface area contributed by atoms with Gasteiger partial charge >= 0.3 is 0 Å². The van der Waals surface area contributed by atoms with E-state index in [1.54, 1.807) is 0 Å². The Hall–Kier alpha value is -2.13. The van der Waals surface area contributed by atoms with Crippen LogP contribution in [0.4, 0.5) is 0 Å². The van der Waals surface area contributed by atoms with Crippen molar-refractivity contribution in [3.63, 3.8) is 0 Å². The second-order valence-electron chi connectivity index (χ2n) is 9.33. The fourth-order valence-corrected chi connectivity index (χ4v) is 5.82. The number of benzene rings is 2. The van der Waals surface area contributed by atoms with Gasteiger partial charge in [-0.2, -0.15) is 0 Å². The molecule has 0 bridgehead atoms. The summed E-state index contributed by atoms with van der Waals surface area (Å²) in [6, 6.07) is 21.6. The molecule has 1 aliphatic heterocycles. The third kappa shape index (κ3) is 4.11. The number of carbonyl (C=O) groups is 1. The van der Waals surface area contributed by atoms with E-state index in [9.17, 15) is 4.79 Å². The molecule has 2 saturated carbocycles. The quantitative estimate of drug-likeness (QED) is 0.784. The Balaban J connectivity index is 1.20. The average Bonchev–Trinajstić information content (AvgIpc) is 3.19. The highest BCUT2D eigenvalue weighted by atomic mass is 16.2. The topological polar surface area (TPSA) is 32.3 Å². The van der Waals surface area contributed by atoms with E-state index in [4.69, 9.17) is 0 Å². The van der Waals surface area contributed by atoms with Crippen LogP contribution in [-0.2, 0) is 11.3 Å². The summed E-state index contributed by atoms with van der Waals surface area (Å²) in [4.78, 5) is 15.9. The maximum Gasteiger partial charge on any atom is 0.228 e. The van der Waals surface area contributed by atoms with E-state index in [0.717, 1.165) is 19.6 Å². The second kappa shape index (κ2) is 8.31. The zero-order valence-electron chi connectivity index (χ0n) is 17.2. The molecule has 1 heterocycles. The van der Waals surface area contributed by atoms with Crippen molar-refractivity contribution in [3.8, 4) is 0 Å². The molecule has 1 N–H and O–H groups in total. The predicted molar refractivity (Wildman–Crippen MR) is 116 cm³/mol. The molecule has 29 heavy (non-hydrogen) atoms. The monoisotopic (exact) mass is 388 g/mol. The van der Waals surface area contributed by atoms with Crippen LogP contribution in [0.1, 0.15) is 49.1 Å². The lowest BCUT2D eigenvalue weighted by atomic mass is 9.76. The molecule has 3 heteroatoms. The first kappa shape index (κ1) is 18.9. The van der Waals surface area contributed by atoms with Crippen molar-refractivity contribution in [2.75, 3.05) is 13.1 Å². The molecule has 2 aliphatic carbocycles. The standard InChI is InChI=1S/C26H32N2O/c29-26(24(20-12-6-2-7-13-20)21-14-8-3-9-15-21)27-25-22-17-28(18-23(22)25)16-19-10-4-1-5-11-19/h1-2,4-7,10-13,21-25H,3,8-9,14-18H2,(H,27,29)/t22-,23?,24+,25?/m0/s1. The number of carbonyl (C=O) groups excluding carboxylic acids is 1. The third-order valence-electron chi connectivity index (χ3n) is 7.39. The van der Waals surface area contributed by atoms with Crippen LogP contribution in [0, 0.1) is 17.8 Å². The molecule has 2 aromatic rings. The van der Waals surface area contributed by atoms with E-state index in [1.165, 1.54) is 43.2 Å².